The molecule has 9 rings (SSSR count). The van der Waals surface area contributed by atoms with Crippen LogP contribution in [0.5, 0.6) is 0 Å². The number of carbonyl (C=O) groups is 1. The third-order valence-electron chi connectivity index (χ3n) is 11.0. The molecule has 2 aliphatic rings. The van der Waals surface area contributed by atoms with Crippen molar-refractivity contribution < 1.29 is 52.7 Å². The molecule has 66 heavy (non-hydrogen) atoms. The molecular formula is C40H29ClF9N11O4S. The predicted molar refractivity (Wildman–Crippen MR) is 217 cm³/mol. The number of nitrogens with zero attached hydrogens (tertiary/aromatic N) is 9. The van der Waals surface area contributed by atoms with Gasteiger partial charge in [0.25, 0.3) is 17.9 Å². The van der Waals surface area contributed by atoms with Crippen molar-refractivity contribution in [3.63, 3.8) is 0 Å². The third kappa shape index (κ3) is 7.85. The molecule has 0 bridgehead atoms. The lowest BCUT2D eigenvalue weighted by atomic mass is 10.0. The Bertz CT molecular complexity index is 3360. The van der Waals surface area contributed by atoms with E-state index in [1.165, 1.54) is 44.3 Å². The standard InChI is InChI=1S/C40H29ClF9N11O4S/c1-15-8-24(54-38(51-15)40(48,49)50)23-6-4-19-34(53-23)55-36(61(37(19)63)26-7-5-22(41)29-31(26)59(2)57-35(29)58-66(3,64)65)25(11-16-9-17(42)12-18(43)10-16)52-27(62)14-60-32-28(30(56-60)33(44)45)20-13-21(20)39(32,46)47/h4-10,12,20-21,25,33H,11,13-14H2,1-3H3,(H,52,62)(H,57,58)/t20-,21+,25-/m0/s1. The Morgan fingerprint density at radius 1 is 0.985 bits per heavy atom. The molecule has 1 fully saturated rings. The first-order valence-corrected chi connectivity index (χ1v) is 21.7. The Morgan fingerprint density at radius 3 is 2.36 bits per heavy atom. The Labute approximate surface area is 369 Å². The van der Waals surface area contributed by atoms with Gasteiger partial charge in [-0.2, -0.15) is 32.1 Å². The smallest absolute Gasteiger partial charge is 0.344 e. The highest BCUT2D eigenvalue weighted by atomic mass is 35.5. The molecule has 26 heteroatoms. The van der Waals surface area contributed by atoms with Gasteiger partial charge in [-0.25, -0.2) is 45.9 Å². The van der Waals surface area contributed by atoms with Crippen molar-refractivity contribution in [3.8, 4) is 17.1 Å². The van der Waals surface area contributed by atoms with Crippen LogP contribution >= 0.6 is 11.6 Å². The number of fused-ring (bicyclic) bond motifs is 5. The van der Waals surface area contributed by atoms with Gasteiger partial charge in [0.05, 0.1) is 50.7 Å². The van der Waals surface area contributed by atoms with Crippen LogP contribution in [-0.2, 0) is 46.9 Å². The Balaban J connectivity index is 1.27. The summed E-state index contributed by atoms with van der Waals surface area (Å²) in [5.41, 5.74) is -4.60. The monoisotopic (exact) mass is 965 g/mol. The van der Waals surface area contributed by atoms with Crippen LogP contribution in [0.2, 0.25) is 5.02 Å². The van der Waals surface area contributed by atoms with Gasteiger partial charge < -0.3 is 5.32 Å². The van der Waals surface area contributed by atoms with Crippen LogP contribution < -0.4 is 15.6 Å². The van der Waals surface area contributed by atoms with E-state index in [0.717, 1.165) is 27.6 Å². The lowest BCUT2D eigenvalue weighted by Gasteiger charge is -2.24. The average Bonchev–Trinajstić information content (AvgIpc) is 3.75. The molecule has 7 aromatic rings. The number of anilines is 1. The van der Waals surface area contributed by atoms with E-state index in [1.54, 1.807) is 0 Å². The van der Waals surface area contributed by atoms with Crippen LogP contribution in [0.25, 0.3) is 39.0 Å². The number of aromatic nitrogens is 9. The number of sulfonamides is 1. The fourth-order valence-electron chi connectivity index (χ4n) is 8.43. The fourth-order valence-corrected chi connectivity index (χ4v) is 9.17. The van der Waals surface area contributed by atoms with Gasteiger partial charge in [0.15, 0.2) is 11.5 Å². The van der Waals surface area contributed by atoms with E-state index in [1.807, 2.05) is 0 Å². The molecule has 3 atom stereocenters. The van der Waals surface area contributed by atoms with E-state index in [2.05, 4.69) is 40.2 Å². The molecule has 2 aromatic carbocycles. The van der Waals surface area contributed by atoms with Gasteiger partial charge >= 0.3 is 6.18 Å². The summed E-state index contributed by atoms with van der Waals surface area (Å²) < 4.78 is 160. The zero-order chi connectivity index (χ0) is 47.5. The minimum atomic E-state index is -4.97. The normalized spacial score (nSPS) is 17.1. The summed E-state index contributed by atoms with van der Waals surface area (Å²) >= 11 is 6.58. The van der Waals surface area contributed by atoms with Crippen LogP contribution in [0, 0.1) is 24.5 Å². The molecule has 1 amide bonds. The molecule has 0 aliphatic heterocycles. The summed E-state index contributed by atoms with van der Waals surface area (Å²) in [6, 6.07) is 6.68. The van der Waals surface area contributed by atoms with E-state index in [9.17, 15) is 48.7 Å². The molecule has 2 N–H and O–H groups in total. The number of benzene rings is 2. The quantitative estimate of drug-likeness (QED) is 0.126. The van der Waals surface area contributed by atoms with E-state index in [-0.39, 0.29) is 67.4 Å². The number of aryl methyl sites for hydroxylation is 2. The first-order valence-electron chi connectivity index (χ1n) is 19.4. The van der Waals surface area contributed by atoms with Crippen LogP contribution in [-0.4, -0.2) is 64.6 Å². The third-order valence-corrected chi connectivity index (χ3v) is 11.9. The van der Waals surface area contributed by atoms with Crippen molar-refractivity contribution in [3.05, 3.63) is 115 Å². The summed E-state index contributed by atoms with van der Waals surface area (Å²) in [4.78, 5) is 45.1. The van der Waals surface area contributed by atoms with Crippen LogP contribution in [0.15, 0.2) is 53.3 Å². The van der Waals surface area contributed by atoms with Crippen molar-refractivity contribution >= 4 is 55.3 Å². The van der Waals surface area contributed by atoms with Crippen molar-refractivity contribution in [2.24, 2.45) is 13.0 Å². The predicted octanol–water partition coefficient (Wildman–Crippen LogP) is 7.20. The van der Waals surface area contributed by atoms with Crippen molar-refractivity contribution in [1.82, 2.24) is 49.4 Å². The van der Waals surface area contributed by atoms with E-state index >= 15 is 8.78 Å². The molecule has 1 saturated carbocycles. The van der Waals surface area contributed by atoms with Crippen molar-refractivity contribution in [1.29, 1.82) is 0 Å². The van der Waals surface area contributed by atoms with E-state index in [4.69, 9.17) is 11.6 Å². The first-order chi connectivity index (χ1) is 30.9. The second kappa shape index (κ2) is 15.5. The molecule has 0 radical (unpaired) electrons. The zero-order valence-electron chi connectivity index (χ0n) is 33.9. The summed E-state index contributed by atoms with van der Waals surface area (Å²) in [7, 11) is -2.63. The number of hydrogen-bond acceptors (Lipinski definition) is 10. The number of halogens is 10. The highest BCUT2D eigenvalue weighted by Crippen LogP contribution is 2.68. The topological polar surface area (TPSA) is 184 Å². The molecule has 5 aromatic heterocycles. The van der Waals surface area contributed by atoms with Crippen LogP contribution in [0.4, 0.5) is 45.3 Å². The van der Waals surface area contributed by atoms with Gasteiger partial charge in [-0.05, 0) is 67.3 Å². The van der Waals surface area contributed by atoms with Crippen molar-refractivity contribution in [2.45, 2.75) is 56.8 Å². The zero-order valence-corrected chi connectivity index (χ0v) is 35.5. The maximum atomic E-state index is 15.5. The Morgan fingerprint density at radius 2 is 1.70 bits per heavy atom. The number of pyridine rings is 1. The summed E-state index contributed by atoms with van der Waals surface area (Å²) in [6.07, 6.45) is -8.09. The second-order valence-electron chi connectivity index (χ2n) is 15.8. The van der Waals surface area contributed by atoms with Crippen LogP contribution in [0.3, 0.4) is 0 Å². The van der Waals surface area contributed by atoms with Gasteiger partial charge in [0.2, 0.25) is 21.8 Å². The summed E-state index contributed by atoms with van der Waals surface area (Å²) in [6.45, 7) is 0.178. The van der Waals surface area contributed by atoms with Gasteiger partial charge in [0.1, 0.15) is 35.4 Å². The second-order valence-corrected chi connectivity index (χ2v) is 18.0. The lowest BCUT2D eigenvalue weighted by molar-refractivity contribution is -0.145. The minimum absolute atomic E-state index is 0.0202. The molecule has 15 nitrogen and oxygen atoms in total. The summed E-state index contributed by atoms with van der Waals surface area (Å²) in [5.74, 6) is -11.4. The fraction of sp³-hybridized carbons (Fsp3) is 0.300. The molecule has 0 spiro atoms. The number of hydrogen-bond donors (Lipinski definition) is 2. The lowest BCUT2D eigenvalue weighted by Crippen LogP contribution is -2.38. The number of amides is 1. The Kier molecular flexibility index (Phi) is 10.5. The van der Waals surface area contributed by atoms with Crippen LogP contribution in [0.1, 0.15) is 64.7 Å². The number of nitrogens with one attached hydrogen (secondary N) is 2. The average molecular weight is 966 g/mol. The molecule has 5 heterocycles. The summed E-state index contributed by atoms with van der Waals surface area (Å²) in [5, 5.41) is 10.1. The maximum absolute atomic E-state index is 15.5. The molecule has 2 aliphatic carbocycles. The van der Waals surface area contributed by atoms with Gasteiger partial charge in [0, 0.05) is 36.7 Å². The van der Waals surface area contributed by atoms with Crippen molar-refractivity contribution in [2.75, 3.05) is 11.0 Å². The van der Waals surface area contributed by atoms with E-state index in [0.29, 0.717) is 10.7 Å². The molecule has 0 unspecified atom stereocenters. The SMILES string of the molecule is Cc1cc(-c2ccc3c(=O)n(-c4ccc(Cl)c5c(NS(C)(=O)=O)nn(C)c45)c([C@H](Cc4cc(F)cc(F)c4)NC(=O)Cn4nc(C(F)F)c5c4C(F)(F)[C@@H]4C[C@H]54)nc3n2)nc(C(F)(F)F)n1. The highest BCUT2D eigenvalue weighted by Gasteiger charge is 2.67. The van der Waals surface area contributed by atoms with Gasteiger partial charge in [-0.15, -0.1) is 0 Å². The maximum Gasteiger partial charge on any atom is 0.451 e. The number of alkyl halides is 7. The molecular weight excluding hydrogens is 937 g/mol. The first kappa shape index (κ1) is 44.6. The largest absolute Gasteiger partial charge is 0.451 e. The molecule has 344 valence electrons. The highest BCUT2D eigenvalue weighted by molar-refractivity contribution is 7.92. The minimum Gasteiger partial charge on any atom is -0.344 e. The van der Waals surface area contributed by atoms with Gasteiger partial charge in [-0.3, -0.25) is 28.2 Å². The number of rotatable bonds is 11. The van der Waals surface area contributed by atoms with Gasteiger partial charge in [-0.1, -0.05) is 11.6 Å². The Hall–Kier alpha value is -6.63. The molecule has 0 saturated heterocycles. The van der Waals surface area contributed by atoms with E-state index < -0.39 is 111 Å². The number of carbonyl (C=O) groups excluding carboxylic acids is 1.